The molecular weight excluding hydrogens is 528 g/mol. The van der Waals surface area contributed by atoms with Gasteiger partial charge < -0.3 is 8.83 Å². The van der Waals surface area contributed by atoms with Crippen molar-refractivity contribution in [2.75, 3.05) is 0 Å². The van der Waals surface area contributed by atoms with Crippen LogP contribution in [0.25, 0.3) is 73.5 Å². The van der Waals surface area contributed by atoms with Crippen LogP contribution in [0.3, 0.4) is 0 Å². The van der Waals surface area contributed by atoms with Gasteiger partial charge in [0.25, 0.3) is 0 Å². The highest BCUT2D eigenvalue weighted by molar-refractivity contribution is 7.11. The molecule has 0 N–H and O–H groups in total. The third-order valence-corrected chi connectivity index (χ3v) is 9.88. The molecule has 7 heteroatoms. The molecule has 7 aromatic rings. The van der Waals surface area contributed by atoms with E-state index >= 15 is 0 Å². The Labute approximate surface area is 236 Å². The van der Waals surface area contributed by atoms with E-state index in [4.69, 9.17) is 8.83 Å². The first-order valence-corrected chi connectivity index (χ1v) is 14.6. The van der Waals surface area contributed by atoms with E-state index in [0.717, 1.165) is 61.7 Å². The van der Waals surface area contributed by atoms with Crippen LogP contribution in [0.1, 0.15) is 40.3 Å². The molecule has 41 heavy (non-hydrogen) atoms. The van der Waals surface area contributed by atoms with Crippen molar-refractivity contribution >= 4 is 84.8 Å². The van der Waals surface area contributed by atoms with Crippen LogP contribution in [0.15, 0.2) is 76.4 Å². The quantitative estimate of drug-likeness (QED) is 0.236. The van der Waals surface area contributed by atoms with Crippen molar-refractivity contribution in [2.45, 2.75) is 18.8 Å². The fourth-order valence-corrected chi connectivity index (χ4v) is 8.13. The van der Waals surface area contributed by atoms with E-state index < -0.39 is 0 Å². The number of thiophene rings is 1. The first-order chi connectivity index (χ1) is 20.3. The average Bonchev–Trinajstić information content (AvgIpc) is 3.50. The van der Waals surface area contributed by atoms with Gasteiger partial charge in [0.05, 0.1) is 11.6 Å². The van der Waals surface area contributed by atoms with Gasteiger partial charge in [0.15, 0.2) is 16.7 Å². The molecule has 0 saturated heterocycles. The first kappa shape index (κ1) is 21.9. The fourth-order valence-electron chi connectivity index (χ4n) is 6.84. The smallest absolute Gasteiger partial charge is 0.161 e. The van der Waals surface area contributed by atoms with Crippen molar-refractivity contribution in [1.82, 2.24) is 19.9 Å². The van der Waals surface area contributed by atoms with Crippen molar-refractivity contribution in [1.29, 1.82) is 0 Å². The third-order valence-electron chi connectivity index (χ3n) is 8.77. The Hall–Kier alpha value is -4.88. The van der Waals surface area contributed by atoms with E-state index in [1.54, 1.807) is 18.6 Å². The molecule has 194 valence electrons. The molecule has 2 unspecified atom stereocenters. The molecule has 0 spiro atoms. The maximum absolute atomic E-state index is 6.33. The summed E-state index contributed by atoms with van der Waals surface area (Å²) in [6.45, 7) is 0. The van der Waals surface area contributed by atoms with Crippen molar-refractivity contribution in [2.24, 2.45) is 5.92 Å². The van der Waals surface area contributed by atoms with Crippen LogP contribution in [-0.4, -0.2) is 19.9 Å². The van der Waals surface area contributed by atoms with Crippen LogP contribution in [0, 0.1) is 5.92 Å². The zero-order chi connectivity index (χ0) is 26.7. The lowest BCUT2D eigenvalue weighted by Crippen LogP contribution is -2.21. The summed E-state index contributed by atoms with van der Waals surface area (Å²) in [5, 5.41) is 3.35. The molecule has 10 rings (SSSR count). The lowest BCUT2D eigenvalue weighted by atomic mass is 9.92. The number of allylic oxidation sites excluding steroid dienone is 3. The van der Waals surface area contributed by atoms with Gasteiger partial charge in [-0.2, -0.15) is 0 Å². The zero-order valence-corrected chi connectivity index (χ0v) is 22.5. The predicted molar refractivity (Wildman–Crippen MR) is 162 cm³/mol. The number of furan rings is 2. The summed E-state index contributed by atoms with van der Waals surface area (Å²) >= 11 is 1.88. The van der Waals surface area contributed by atoms with Crippen molar-refractivity contribution in [3.05, 3.63) is 98.8 Å². The molecule has 3 aliphatic rings. The lowest BCUT2D eigenvalue weighted by molar-refractivity contribution is 0.665. The van der Waals surface area contributed by atoms with E-state index in [9.17, 15) is 0 Å². The van der Waals surface area contributed by atoms with Crippen molar-refractivity contribution in [3.63, 3.8) is 0 Å². The molecule has 0 aliphatic heterocycles. The zero-order valence-electron chi connectivity index (χ0n) is 21.7. The Balaban J connectivity index is 1.14. The van der Waals surface area contributed by atoms with E-state index in [1.165, 1.54) is 37.8 Å². The van der Waals surface area contributed by atoms with Crippen LogP contribution in [-0.2, 0) is 0 Å². The number of hydrogen-bond donors (Lipinski definition) is 0. The molecule has 0 aromatic carbocycles. The highest BCUT2D eigenvalue weighted by Gasteiger charge is 2.46. The molecule has 0 bridgehead atoms. The molecule has 3 aliphatic carbocycles. The second kappa shape index (κ2) is 7.86. The van der Waals surface area contributed by atoms with Gasteiger partial charge in [-0.05, 0) is 83.0 Å². The van der Waals surface area contributed by atoms with Crippen molar-refractivity contribution in [3.8, 4) is 0 Å². The number of hydrogen-bond acceptors (Lipinski definition) is 7. The maximum Gasteiger partial charge on any atom is 0.161 e. The van der Waals surface area contributed by atoms with Gasteiger partial charge in [-0.15, -0.1) is 11.3 Å². The second-order valence-corrected chi connectivity index (χ2v) is 12.1. The van der Waals surface area contributed by atoms with Gasteiger partial charge >= 0.3 is 0 Å². The largest absolute Gasteiger partial charge is 0.454 e. The minimum Gasteiger partial charge on any atom is -0.454 e. The summed E-state index contributed by atoms with van der Waals surface area (Å²) in [5.74, 6) is 1.05. The molecule has 1 fully saturated rings. The average molecular weight is 549 g/mol. The Bertz CT molecular complexity index is 2460. The van der Waals surface area contributed by atoms with Crippen LogP contribution in [0.4, 0.5) is 0 Å². The molecule has 7 heterocycles. The standard InChI is InChI=1S/C34H20N4O2S/c1-2-17(18-5-10-37-31-20-4-8-36-16-27(20)40-33(18)31)12-28-21(3-1)30-24-13-22(24)23(14-29(30)41-28)19-6-11-38-32-25-15-35-9-7-26(25)39-34(19)32/h2-12,14-16,22,24H,1,13H2. The van der Waals surface area contributed by atoms with Gasteiger partial charge in [-0.25, -0.2) is 0 Å². The molecular formula is C34H20N4O2S. The van der Waals surface area contributed by atoms with Gasteiger partial charge in [0, 0.05) is 56.9 Å². The summed E-state index contributed by atoms with van der Waals surface area (Å²) in [4.78, 5) is 19.2. The van der Waals surface area contributed by atoms with Crippen LogP contribution >= 0.6 is 11.3 Å². The van der Waals surface area contributed by atoms with E-state index in [2.05, 4.69) is 56.4 Å². The van der Waals surface area contributed by atoms with E-state index in [-0.39, 0.29) is 0 Å². The Morgan fingerprint density at radius 2 is 1.54 bits per heavy atom. The van der Waals surface area contributed by atoms with E-state index in [0.29, 0.717) is 11.8 Å². The van der Waals surface area contributed by atoms with E-state index in [1.807, 2.05) is 42.1 Å². The molecule has 0 amide bonds. The van der Waals surface area contributed by atoms with Crippen molar-refractivity contribution < 1.29 is 8.83 Å². The molecule has 2 atom stereocenters. The SMILES string of the molecule is C1=C(c2ccnc3c2oc2cnccc23)C=c2sc3c(c2=CC1)C1CC1C(c1ccnc2c1oc1ccncc12)=C3. The highest BCUT2D eigenvalue weighted by Crippen LogP contribution is 2.59. The van der Waals surface area contributed by atoms with Gasteiger partial charge in [0.2, 0.25) is 0 Å². The number of nitrogens with zero attached hydrogens (tertiary/aromatic N) is 4. The molecule has 7 aromatic heterocycles. The van der Waals surface area contributed by atoms with Crippen LogP contribution in [0.5, 0.6) is 0 Å². The van der Waals surface area contributed by atoms with Gasteiger partial charge in [-0.1, -0.05) is 12.2 Å². The highest BCUT2D eigenvalue weighted by atomic mass is 32.1. The first-order valence-electron chi connectivity index (χ1n) is 13.8. The monoisotopic (exact) mass is 548 g/mol. The Morgan fingerprint density at radius 1 is 0.732 bits per heavy atom. The normalized spacial score (nSPS) is 19.2. The number of pyridine rings is 4. The minimum atomic E-state index is 0.506. The number of rotatable bonds is 2. The lowest BCUT2D eigenvalue weighted by Gasteiger charge is -2.13. The summed E-state index contributed by atoms with van der Waals surface area (Å²) in [6.07, 6.45) is 22.4. The Morgan fingerprint density at radius 3 is 2.49 bits per heavy atom. The summed E-state index contributed by atoms with van der Waals surface area (Å²) in [7, 11) is 0. The second-order valence-electron chi connectivity index (χ2n) is 11.0. The summed E-state index contributed by atoms with van der Waals surface area (Å²) in [5.41, 5.74) is 11.3. The topological polar surface area (TPSA) is 77.8 Å². The third kappa shape index (κ3) is 3.01. The molecule has 6 nitrogen and oxygen atoms in total. The van der Waals surface area contributed by atoms with Gasteiger partial charge in [-0.3, -0.25) is 19.9 Å². The fraction of sp³-hybridized carbons (Fsp3) is 0.118. The summed E-state index contributed by atoms with van der Waals surface area (Å²) < 4.78 is 13.9. The number of aromatic nitrogens is 4. The molecule has 0 radical (unpaired) electrons. The van der Waals surface area contributed by atoms with Crippen LogP contribution in [0.2, 0.25) is 0 Å². The minimum absolute atomic E-state index is 0.506. The summed E-state index contributed by atoms with van der Waals surface area (Å²) in [6, 6.07) is 8.06. The van der Waals surface area contributed by atoms with Gasteiger partial charge in [0.1, 0.15) is 16.6 Å². The predicted octanol–water partition coefficient (Wildman–Crippen LogP) is 6.83. The number of fused-ring (bicyclic) bond motifs is 11. The maximum atomic E-state index is 6.33. The molecule has 1 saturated carbocycles. The Kier molecular flexibility index (Phi) is 4.20. The van der Waals surface area contributed by atoms with Crippen LogP contribution < -0.4 is 9.75 Å².